The number of aryl methyl sites for hydroxylation is 1. The van der Waals surface area contributed by atoms with Crippen molar-refractivity contribution in [2.45, 2.75) is 53.1 Å². The Morgan fingerprint density at radius 1 is 1.29 bits per heavy atom. The molecular weight excluding hydrogens is 324 g/mol. The minimum absolute atomic E-state index is 0.578. The summed E-state index contributed by atoms with van der Waals surface area (Å²) in [5.41, 5.74) is 2.68. The molecule has 0 radical (unpaired) electrons. The molecule has 0 aliphatic carbocycles. The van der Waals surface area contributed by atoms with Gasteiger partial charge in [-0.1, -0.05) is 43.6 Å². The molecule has 1 N–H and O–H groups in total. The number of benzene rings is 1. The van der Waals surface area contributed by atoms with Crippen LogP contribution in [-0.2, 0) is 0 Å². The van der Waals surface area contributed by atoms with Crippen molar-refractivity contribution in [2.24, 2.45) is 11.8 Å². The number of rotatable bonds is 4. The zero-order chi connectivity index (χ0) is 15.6. The van der Waals surface area contributed by atoms with Crippen molar-refractivity contribution in [3.8, 4) is 0 Å². The lowest BCUT2D eigenvalue weighted by Gasteiger charge is -2.44. The minimum atomic E-state index is 0.578. The average Bonchev–Trinajstić information content (AvgIpc) is 2.41. The van der Waals surface area contributed by atoms with Gasteiger partial charge in [0.2, 0.25) is 0 Å². The van der Waals surface area contributed by atoms with Crippen LogP contribution in [0.2, 0.25) is 0 Å². The summed E-state index contributed by atoms with van der Waals surface area (Å²) in [4.78, 5) is 2.62. The molecule has 1 saturated heterocycles. The molecule has 118 valence electrons. The fraction of sp³-hybridized carbons (Fsp3) is 0.667. The Bertz CT molecular complexity index is 470. The van der Waals surface area contributed by atoms with Crippen LogP contribution in [0.25, 0.3) is 0 Å². The Morgan fingerprint density at radius 3 is 2.57 bits per heavy atom. The van der Waals surface area contributed by atoms with Gasteiger partial charge in [0.05, 0.1) is 0 Å². The van der Waals surface area contributed by atoms with E-state index in [-0.39, 0.29) is 0 Å². The molecule has 2 unspecified atom stereocenters. The molecule has 0 aromatic heterocycles. The average molecular weight is 353 g/mol. The van der Waals surface area contributed by atoms with Gasteiger partial charge in [-0.05, 0) is 48.9 Å². The maximum absolute atomic E-state index is 3.76. The SMILES string of the molecule is Cc1cc(N2CC(CC(C)C)NCC2C(C)C)ccc1Br. The maximum atomic E-state index is 3.76. The lowest BCUT2D eigenvalue weighted by Crippen LogP contribution is -2.58. The molecule has 0 saturated carbocycles. The number of piperazine rings is 1. The monoisotopic (exact) mass is 352 g/mol. The third-order valence-electron chi connectivity index (χ3n) is 4.43. The van der Waals surface area contributed by atoms with E-state index in [9.17, 15) is 0 Å². The van der Waals surface area contributed by atoms with Crippen LogP contribution in [0.4, 0.5) is 5.69 Å². The summed E-state index contributed by atoms with van der Waals surface area (Å²) in [6, 6.07) is 7.93. The van der Waals surface area contributed by atoms with E-state index in [1.165, 1.54) is 22.1 Å². The summed E-state index contributed by atoms with van der Waals surface area (Å²) >= 11 is 3.61. The van der Waals surface area contributed by atoms with Crippen molar-refractivity contribution >= 4 is 21.6 Å². The summed E-state index contributed by atoms with van der Waals surface area (Å²) in [7, 11) is 0. The lowest BCUT2D eigenvalue weighted by molar-refractivity contribution is 0.310. The number of nitrogens with zero attached hydrogens (tertiary/aromatic N) is 1. The molecular formula is C18H29BrN2. The van der Waals surface area contributed by atoms with E-state index in [4.69, 9.17) is 0 Å². The largest absolute Gasteiger partial charge is 0.365 e. The van der Waals surface area contributed by atoms with Crippen LogP contribution in [0.15, 0.2) is 22.7 Å². The standard InChI is InChI=1S/C18H29BrN2/c1-12(2)8-15-11-21(18(10-20-15)13(3)4)16-6-7-17(19)14(5)9-16/h6-7,9,12-13,15,18,20H,8,10-11H2,1-5H3. The summed E-state index contributed by atoms with van der Waals surface area (Å²) in [6.45, 7) is 13.6. The predicted molar refractivity (Wildman–Crippen MR) is 96.1 cm³/mol. The molecule has 2 nitrogen and oxygen atoms in total. The van der Waals surface area contributed by atoms with E-state index in [1.807, 2.05) is 0 Å². The molecule has 1 aliphatic rings. The molecule has 2 rings (SSSR count). The highest BCUT2D eigenvalue weighted by molar-refractivity contribution is 9.10. The fourth-order valence-electron chi connectivity index (χ4n) is 3.26. The Hall–Kier alpha value is -0.540. The van der Waals surface area contributed by atoms with E-state index in [0.717, 1.165) is 19.0 Å². The molecule has 0 spiro atoms. The molecule has 1 aromatic carbocycles. The van der Waals surface area contributed by atoms with Crippen LogP contribution < -0.4 is 10.2 Å². The Morgan fingerprint density at radius 2 is 2.00 bits per heavy atom. The van der Waals surface area contributed by atoms with Gasteiger partial charge in [-0.2, -0.15) is 0 Å². The maximum Gasteiger partial charge on any atom is 0.0438 e. The molecule has 1 aromatic rings. The van der Waals surface area contributed by atoms with Gasteiger partial charge in [-0.15, -0.1) is 0 Å². The van der Waals surface area contributed by atoms with E-state index in [2.05, 4.69) is 79.0 Å². The first-order valence-electron chi connectivity index (χ1n) is 8.14. The number of hydrogen-bond acceptors (Lipinski definition) is 2. The second-order valence-electron chi connectivity index (χ2n) is 7.13. The van der Waals surface area contributed by atoms with Crippen molar-refractivity contribution in [3.63, 3.8) is 0 Å². The molecule has 21 heavy (non-hydrogen) atoms. The lowest BCUT2D eigenvalue weighted by atomic mass is 9.94. The van der Waals surface area contributed by atoms with E-state index in [0.29, 0.717) is 18.0 Å². The van der Waals surface area contributed by atoms with Crippen LogP contribution >= 0.6 is 15.9 Å². The number of halogens is 1. The topological polar surface area (TPSA) is 15.3 Å². The molecule has 0 bridgehead atoms. The first-order chi connectivity index (χ1) is 9.88. The van der Waals surface area contributed by atoms with Crippen LogP contribution in [0.5, 0.6) is 0 Å². The van der Waals surface area contributed by atoms with Gasteiger partial charge in [0.15, 0.2) is 0 Å². The van der Waals surface area contributed by atoms with Crippen LogP contribution in [0.3, 0.4) is 0 Å². The Balaban J connectivity index is 2.22. The summed E-state index contributed by atoms with van der Waals surface area (Å²) < 4.78 is 1.20. The normalized spacial score (nSPS) is 23.1. The zero-order valence-electron chi connectivity index (χ0n) is 14.0. The van der Waals surface area contributed by atoms with Crippen molar-refractivity contribution < 1.29 is 0 Å². The highest BCUT2D eigenvalue weighted by Crippen LogP contribution is 2.28. The van der Waals surface area contributed by atoms with E-state index >= 15 is 0 Å². The third kappa shape index (κ3) is 4.23. The Kier molecular flexibility index (Phi) is 5.73. The molecule has 0 amide bonds. The summed E-state index contributed by atoms with van der Waals surface area (Å²) in [5.74, 6) is 1.40. The van der Waals surface area contributed by atoms with Gasteiger partial charge in [-0.3, -0.25) is 0 Å². The van der Waals surface area contributed by atoms with Crippen molar-refractivity contribution in [1.29, 1.82) is 0 Å². The summed E-state index contributed by atoms with van der Waals surface area (Å²) in [6.07, 6.45) is 1.25. The van der Waals surface area contributed by atoms with Crippen molar-refractivity contribution in [2.75, 3.05) is 18.0 Å². The smallest absolute Gasteiger partial charge is 0.0438 e. The first-order valence-corrected chi connectivity index (χ1v) is 8.94. The molecule has 3 heteroatoms. The van der Waals surface area contributed by atoms with Gasteiger partial charge < -0.3 is 10.2 Å². The predicted octanol–water partition coefficient (Wildman–Crippen LogP) is 4.61. The second kappa shape index (κ2) is 7.15. The number of anilines is 1. The fourth-order valence-corrected chi connectivity index (χ4v) is 3.51. The number of nitrogens with one attached hydrogen (secondary N) is 1. The van der Waals surface area contributed by atoms with E-state index < -0.39 is 0 Å². The Labute approximate surface area is 138 Å². The van der Waals surface area contributed by atoms with Gasteiger partial charge in [0, 0.05) is 35.3 Å². The van der Waals surface area contributed by atoms with Gasteiger partial charge >= 0.3 is 0 Å². The highest BCUT2D eigenvalue weighted by atomic mass is 79.9. The zero-order valence-corrected chi connectivity index (χ0v) is 15.6. The highest BCUT2D eigenvalue weighted by Gasteiger charge is 2.30. The van der Waals surface area contributed by atoms with Crippen LogP contribution in [-0.4, -0.2) is 25.2 Å². The second-order valence-corrected chi connectivity index (χ2v) is 7.99. The van der Waals surface area contributed by atoms with Gasteiger partial charge in [-0.25, -0.2) is 0 Å². The van der Waals surface area contributed by atoms with Crippen molar-refractivity contribution in [1.82, 2.24) is 5.32 Å². The number of hydrogen-bond donors (Lipinski definition) is 1. The van der Waals surface area contributed by atoms with Crippen molar-refractivity contribution in [3.05, 3.63) is 28.2 Å². The molecule has 2 atom stereocenters. The molecule has 1 heterocycles. The quantitative estimate of drug-likeness (QED) is 0.851. The third-order valence-corrected chi connectivity index (χ3v) is 5.32. The summed E-state index contributed by atoms with van der Waals surface area (Å²) in [5, 5.41) is 3.76. The van der Waals surface area contributed by atoms with Crippen LogP contribution in [0.1, 0.15) is 39.7 Å². The van der Waals surface area contributed by atoms with Crippen LogP contribution in [0, 0.1) is 18.8 Å². The molecule has 1 fully saturated rings. The first kappa shape index (κ1) is 16.8. The minimum Gasteiger partial charge on any atom is -0.365 e. The van der Waals surface area contributed by atoms with E-state index in [1.54, 1.807) is 0 Å². The van der Waals surface area contributed by atoms with Gasteiger partial charge in [0.25, 0.3) is 0 Å². The van der Waals surface area contributed by atoms with Gasteiger partial charge in [0.1, 0.15) is 0 Å². The molecule has 1 aliphatic heterocycles.